The van der Waals surface area contributed by atoms with E-state index in [1.807, 2.05) is 43.3 Å². The Morgan fingerprint density at radius 2 is 2.00 bits per heavy atom. The molecular weight excluding hydrogens is 294 g/mol. The third kappa shape index (κ3) is 3.94. The van der Waals surface area contributed by atoms with Gasteiger partial charge in [-0.1, -0.05) is 47.4 Å². The van der Waals surface area contributed by atoms with E-state index in [1.165, 1.54) is 11.3 Å². The number of aliphatic carboxylic acids is 1. The first-order valence-electron chi connectivity index (χ1n) is 5.98. The largest absolute Gasteiger partial charge is 0.481 e. The highest BCUT2D eigenvalue weighted by Gasteiger charge is 2.09. The fourth-order valence-corrected chi connectivity index (χ4v) is 3.41. The van der Waals surface area contributed by atoms with Crippen LogP contribution >= 0.6 is 23.1 Å². The van der Waals surface area contributed by atoms with Gasteiger partial charge in [-0.15, -0.1) is 10.2 Å². The van der Waals surface area contributed by atoms with Crippen LogP contribution in [0.2, 0.25) is 0 Å². The van der Waals surface area contributed by atoms with Crippen molar-refractivity contribution in [1.82, 2.24) is 10.2 Å². The van der Waals surface area contributed by atoms with Gasteiger partial charge in [-0.25, -0.2) is 0 Å². The van der Waals surface area contributed by atoms with E-state index in [0.29, 0.717) is 5.75 Å². The molecule has 0 radical (unpaired) electrons. The molecule has 0 aliphatic rings. The van der Waals surface area contributed by atoms with Crippen molar-refractivity contribution in [2.45, 2.75) is 16.5 Å². The van der Waals surface area contributed by atoms with Gasteiger partial charge in [-0.2, -0.15) is 0 Å². The molecule has 1 heterocycles. The van der Waals surface area contributed by atoms with Gasteiger partial charge >= 0.3 is 5.97 Å². The van der Waals surface area contributed by atoms with Crippen molar-refractivity contribution in [1.29, 1.82) is 0 Å². The first-order chi connectivity index (χ1) is 9.56. The number of benzene rings is 1. The Hall–Kier alpha value is -1.60. The number of aromatic nitrogens is 2. The second-order valence-electron chi connectivity index (χ2n) is 4.37. The van der Waals surface area contributed by atoms with Gasteiger partial charge in [0.1, 0.15) is 0 Å². The molecule has 1 N–H and O–H groups in total. The zero-order valence-electron chi connectivity index (χ0n) is 11.2. The Morgan fingerprint density at radius 3 is 2.60 bits per heavy atom. The van der Waals surface area contributed by atoms with E-state index in [0.717, 1.165) is 20.6 Å². The molecule has 0 fully saturated rings. The monoisotopic (exact) mass is 309 g/mol. The first-order valence-corrected chi connectivity index (χ1v) is 7.78. The Labute approximate surface area is 125 Å². The SMILES string of the molecule is CN(C)c1nnc(SCc2ccccc2CC(=O)O)s1. The second kappa shape index (κ2) is 6.71. The summed E-state index contributed by atoms with van der Waals surface area (Å²) >= 11 is 3.11. The number of carboxylic acid groups (broad SMARTS) is 1. The highest BCUT2D eigenvalue weighted by atomic mass is 32.2. The molecule has 0 unspecified atom stereocenters. The van der Waals surface area contributed by atoms with Crippen LogP contribution in [0.25, 0.3) is 0 Å². The Morgan fingerprint density at radius 1 is 1.30 bits per heavy atom. The third-order valence-electron chi connectivity index (χ3n) is 2.59. The van der Waals surface area contributed by atoms with Gasteiger partial charge in [-0.3, -0.25) is 4.79 Å². The van der Waals surface area contributed by atoms with Crippen molar-refractivity contribution < 1.29 is 9.90 Å². The van der Waals surface area contributed by atoms with E-state index in [-0.39, 0.29) is 6.42 Å². The molecule has 0 saturated carbocycles. The summed E-state index contributed by atoms with van der Waals surface area (Å²) in [4.78, 5) is 12.8. The summed E-state index contributed by atoms with van der Waals surface area (Å²) in [5.74, 6) is -0.112. The lowest BCUT2D eigenvalue weighted by Gasteiger charge is -2.06. The molecule has 5 nitrogen and oxygen atoms in total. The molecule has 2 aromatic rings. The lowest BCUT2D eigenvalue weighted by Crippen LogP contribution is -2.07. The molecule has 0 bridgehead atoms. The summed E-state index contributed by atoms with van der Waals surface area (Å²) in [5.41, 5.74) is 1.88. The molecular formula is C13H15N3O2S2. The third-order valence-corrected chi connectivity index (χ3v) is 4.86. The quantitative estimate of drug-likeness (QED) is 0.827. The second-order valence-corrected chi connectivity index (χ2v) is 6.55. The van der Waals surface area contributed by atoms with Gasteiger partial charge in [0.15, 0.2) is 4.34 Å². The number of hydrogen-bond donors (Lipinski definition) is 1. The summed E-state index contributed by atoms with van der Waals surface area (Å²) in [6, 6.07) is 7.60. The topological polar surface area (TPSA) is 66.3 Å². The molecule has 106 valence electrons. The minimum absolute atomic E-state index is 0.0514. The Bertz CT molecular complexity index is 599. The van der Waals surface area contributed by atoms with Crippen molar-refractivity contribution in [3.63, 3.8) is 0 Å². The summed E-state index contributed by atoms with van der Waals surface area (Å²) in [7, 11) is 3.86. The number of rotatable bonds is 6. The predicted octanol–water partition coefficient (Wildman–Crippen LogP) is 2.52. The minimum atomic E-state index is -0.812. The highest BCUT2D eigenvalue weighted by molar-refractivity contribution is 8.00. The van der Waals surface area contributed by atoms with E-state index in [9.17, 15) is 4.79 Å². The summed E-state index contributed by atoms with van der Waals surface area (Å²) < 4.78 is 0.888. The van der Waals surface area contributed by atoms with Gasteiger partial charge in [0.25, 0.3) is 0 Å². The number of carbonyl (C=O) groups is 1. The molecule has 7 heteroatoms. The maximum absolute atomic E-state index is 10.8. The van der Waals surface area contributed by atoms with Gasteiger partial charge in [0, 0.05) is 19.8 Å². The number of hydrogen-bond acceptors (Lipinski definition) is 6. The molecule has 0 amide bonds. The van der Waals surface area contributed by atoms with Crippen LogP contribution in [0, 0.1) is 0 Å². The average Bonchev–Trinajstić information content (AvgIpc) is 2.86. The predicted molar refractivity (Wildman–Crippen MR) is 81.6 cm³/mol. The molecule has 20 heavy (non-hydrogen) atoms. The number of thioether (sulfide) groups is 1. The van der Waals surface area contributed by atoms with Crippen LogP contribution in [-0.4, -0.2) is 35.4 Å². The normalized spacial score (nSPS) is 10.5. The molecule has 0 saturated heterocycles. The summed E-state index contributed by atoms with van der Waals surface area (Å²) in [6.07, 6.45) is 0.0514. The maximum Gasteiger partial charge on any atom is 0.307 e. The standard InChI is InChI=1S/C13H15N3O2S2/c1-16(2)12-14-15-13(20-12)19-8-10-6-4-3-5-9(10)7-11(17)18/h3-6H,7-8H2,1-2H3,(H,17,18). The molecule has 0 spiro atoms. The highest BCUT2D eigenvalue weighted by Crippen LogP contribution is 2.30. The van der Waals surface area contributed by atoms with Gasteiger partial charge in [0.05, 0.1) is 6.42 Å². The zero-order chi connectivity index (χ0) is 14.5. The van der Waals surface area contributed by atoms with Crippen LogP contribution in [0.4, 0.5) is 5.13 Å². The molecule has 1 aromatic heterocycles. The molecule has 0 aliphatic carbocycles. The lowest BCUT2D eigenvalue weighted by molar-refractivity contribution is -0.136. The van der Waals surface area contributed by atoms with Crippen molar-refractivity contribution >= 4 is 34.2 Å². The van der Waals surface area contributed by atoms with E-state index >= 15 is 0 Å². The zero-order valence-corrected chi connectivity index (χ0v) is 12.9. The van der Waals surface area contributed by atoms with E-state index in [2.05, 4.69) is 10.2 Å². The van der Waals surface area contributed by atoms with E-state index in [1.54, 1.807) is 11.8 Å². The summed E-state index contributed by atoms with van der Waals surface area (Å²) in [6.45, 7) is 0. The Kier molecular flexibility index (Phi) is 4.97. The van der Waals surface area contributed by atoms with Crippen LogP contribution in [0.3, 0.4) is 0 Å². The van der Waals surface area contributed by atoms with Crippen molar-refractivity contribution in [3.05, 3.63) is 35.4 Å². The van der Waals surface area contributed by atoms with E-state index in [4.69, 9.17) is 5.11 Å². The lowest BCUT2D eigenvalue weighted by atomic mass is 10.1. The maximum atomic E-state index is 10.8. The van der Waals surface area contributed by atoms with Crippen LogP contribution in [0.5, 0.6) is 0 Å². The van der Waals surface area contributed by atoms with E-state index < -0.39 is 5.97 Å². The van der Waals surface area contributed by atoms with Gasteiger partial charge in [-0.05, 0) is 11.1 Å². The first kappa shape index (κ1) is 14.8. The van der Waals surface area contributed by atoms with Gasteiger partial charge in [0.2, 0.25) is 5.13 Å². The molecule has 0 atom stereocenters. The fourth-order valence-electron chi connectivity index (χ4n) is 1.61. The number of carboxylic acids is 1. The number of anilines is 1. The Balaban J connectivity index is 2.04. The van der Waals surface area contributed by atoms with Gasteiger partial charge < -0.3 is 10.0 Å². The molecule has 1 aromatic carbocycles. The van der Waals surface area contributed by atoms with Crippen LogP contribution in [-0.2, 0) is 17.0 Å². The minimum Gasteiger partial charge on any atom is -0.481 e. The summed E-state index contributed by atoms with van der Waals surface area (Å²) in [5, 5.41) is 18.0. The average molecular weight is 309 g/mol. The van der Waals surface area contributed by atoms with Crippen LogP contribution in [0.1, 0.15) is 11.1 Å². The van der Waals surface area contributed by atoms with Crippen molar-refractivity contribution in [2.75, 3.05) is 19.0 Å². The number of nitrogens with zero attached hydrogens (tertiary/aromatic N) is 3. The fraction of sp³-hybridized carbons (Fsp3) is 0.308. The smallest absolute Gasteiger partial charge is 0.307 e. The van der Waals surface area contributed by atoms with Crippen molar-refractivity contribution in [2.24, 2.45) is 0 Å². The van der Waals surface area contributed by atoms with Crippen molar-refractivity contribution in [3.8, 4) is 0 Å². The van der Waals surface area contributed by atoms with Crippen LogP contribution < -0.4 is 4.90 Å². The molecule has 0 aliphatic heterocycles. The molecule has 2 rings (SSSR count). The van der Waals surface area contributed by atoms with Crippen LogP contribution in [0.15, 0.2) is 28.6 Å².